The van der Waals surface area contributed by atoms with E-state index in [1.54, 1.807) is 4.31 Å². The van der Waals surface area contributed by atoms with Gasteiger partial charge in [0.25, 0.3) is 0 Å². The fraction of sp³-hybridized carbons (Fsp3) is 0.667. The van der Waals surface area contributed by atoms with Crippen molar-refractivity contribution in [2.24, 2.45) is 0 Å². The van der Waals surface area contributed by atoms with Gasteiger partial charge in [-0.3, -0.25) is 0 Å². The van der Waals surface area contributed by atoms with Gasteiger partial charge in [-0.05, 0) is 36.5 Å². The number of aryl methyl sites for hydroxylation is 1. The molecular formula is C18H25NO4S. The summed E-state index contributed by atoms with van der Waals surface area (Å²) in [6.07, 6.45) is 5.54. The highest BCUT2D eigenvalue weighted by molar-refractivity contribution is 7.89. The van der Waals surface area contributed by atoms with Crippen LogP contribution in [-0.2, 0) is 27.6 Å². The van der Waals surface area contributed by atoms with Crippen molar-refractivity contribution in [3.8, 4) is 5.75 Å². The number of benzene rings is 1. The Bertz CT molecular complexity index is 710. The molecule has 1 aromatic rings. The van der Waals surface area contributed by atoms with E-state index in [4.69, 9.17) is 9.47 Å². The molecule has 132 valence electrons. The van der Waals surface area contributed by atoms with Gasteiger partial charge in [0, 0.05) is 13.0 Å². The zero-order chi connectivity index (χ0) is 16.6. The van der Waals surface area contributed by atoms with Crippen LogP contribution >= 0.6 is 0 Å². The van der Waals surface area contributed by atoms with Crippen molar-refractivity contribution in [1.29, 1.82) is 0 Å². The molecule has 1 aliphatic carbocycles. The van der Waals surface area contributed by atoms with Crippen LogP contribution in [0.3, 0.4) is 0 Å². The Hall–Kier alpha value is -1.11. The summed E-state index contributed by atoms with van der Waals surface area (Å²) in [5.74, 6) is 1.12. The van der Waals surface area contributed by atoms with Gasteiger partial charge in [-0.15, -0.1) is 0 Å². The molecule has 0 unspecified atom stereocenters. The van der Waals surface area contributed by atoms with Crippen LogP contribution in [0.5, 0.6) is 5.75 Å². The molecule has 5 nitrogen and oxygen atoms in total. The van der Waals surface area contributed by atoms with E-state index in [9.17, 15) is 8.42 Å². The van der Waals surface area contributed by atoms with E-state index in [2.05, 4.69) is 6.07 Å². The second kappa shape index (κ2) is 6.32. The van der Waals surface area contributed by atoms with Crippen LogP contribution in [0.4, 0.5) is 0 Å². The van der Waals surface area contributed by atoms with E-state index in [0.29, 0.717) is 26.2 Å². The van der Waals surface area contributed by atoms with Crippen molar-refractivity contribution in [3.63, 3.8) is 0 Å². The van der Waals surface area contributed by atoms with Gasteiger partial charge in [-0.25, -0.2) is 8.42 Å². The van der Waals surface area contributed by atoms with Crippen molar-refractivity contribution in [2.75, 3.05) is 32.1 Å². The van der Waals surface area contributed by atoms with E-state index in [1.165, 1.54) is 5.56 Å². The molecular weight excluding hydrogens is 326 g/mol. The predicted octanol–water partition coefficient (Wildman–Crippen LogP) is 2.14. The molecule has 1 aromatic carbocycles. The molecule has 2 aliphatic heterocycles. The zero-order valence-corrected chi connectivity index (χ0v) is 14.8. The average Bonchev–Trinajstić information content (AvgIpc) is 3.22. The standard InChI is InChI=1S/C18H25NO4S/c20-24(21,19-9-11-22-14-18(19)7-1-2-8-18)12-6-15-3-4-17-16(13-15)5-10-23-17/h3-4,13H,1-2,5-12,14H2. The molecule has 6 heteroatoms. The van der Waals surface area contributed by atoms with Crippen molar-refractivity contribution in [3.05, 3.63) is 29.3 Å². The Balaban J connectivity index is 1.48. The number of fused-ring (bicyclic) bond motifs is 1. The molecule has 1 spiro atoms. The lowest BCUT2D eigenvalue weighted by Gasteiger charge is -2.43. The first kappa shape index (κ1) is 16.4. The Labute approximate surface area is 144 Å². The maximum atomic E-state index is 13.0. The van der Waals surface area contributed by atoms with Gasteiger partial charge >= 0.3 is 0 Å². The van der Waals surface area contributed by atoms with Crippen LogP contribution in [0.25, 0.3) is 0 Å². The van der Waals surface area contributed by atoms with Gasteiger partial charge in [0.2, 0.25) is 10.0 Å². The summed E-state index contributed by atoms with van der Waals surface area (Å²) in [6.45, 7) is 2.30. The van der Waals surface area contributed by atoms with E-state index in [-0.39, 0.29) is 11.3 Å². The summed E-state index contributed by atoms with van der Waals surface area (Å²) in [5.41, 5.74) is 2.00. The summed E-state index contributed by atoms with van der Waals surface area (Å²) in [6, 6.07) is 6.06. The molecule has 0 aromatic heterocycles. The third-order valence-electron chi connectivity index (χ3n) is 5.61. The molecule has 0 bridgehead atoms. The second-order valence-corrected chi connectivity index (χ2v) is 9.18. The van der Waals surface area contributed by atoms with Crippen LogP contribution in [-0.4, -0.2) is 50.4 Å². The average molecular weight is 351 g/mol. The molecule has 1 saturated heterocycles. The van der Waals surface area contributed by atoms with Gasteiger partial charge in [0.15, 0.2) is 0 Å². The fourth-order valence-corrected chi connectivity index (χ4v) is 6.22. The lowest BCUT2D eigenvalue weighted by molar-refractivity contribution is -0.0226. The van der Waals surface area contributed by atoms with Gasteiger partial charge < -0.3 is 9.47 Å². The molecule has 0 atom stereocenters. The minimum absolute atomic E-state index is 0.175. The first-order valence-corrected chi connectivity index (χ1v) is 10.5. The monoisotopic (exact) mass is 351 g/mol. The van der Waals surface area contributed by atoms with Crippen LogP contribution < -0.4 is 4.74 Å². The Morgan fingerprint density at radius 1 is 1.17 bits per heavy atom. The van der Waals surface area contributed by atoms with Crippen LogP contribution in [0.15, 0.2) is 18.2 Å². The molecule has 1 saturated carbocycles. The Morgan fingerprint density at radius 2 is 2.00 bits per heavy atom. The van der Waals surface area contributed by atoms with Crippen LogP contribution in [0, 0.1) is 0 Å². The summed E-state index contributed by atoms with van der Waals surface area (Å²) in [7, 11) is -3.27. The summed E-state index contributed by atoms with van der Waals surface area (Å²) in [5, 5.41) is 0. The summed E-state index contributed by atoms with van der Waals surface area (Å²) in [4.78, 5) is 0. The number of ether oxygens (including phenoxy) is 2. The van der Waals surface area contributed by atoms with E-state index < -0.39 is 10.0 Å². The number of morpholine rings is 1. The molecule has 2 heterocycles. The maximum absolute atomic E-state index is 13.0. The predicted molar refractivity (Wildman–Crippen MR) is 91.9 cm³/mol. The molecule has 24 heavy (non-hydrogen) atoms. The third-order valence-corrected chi connectivity index (χ3v) is 7.57. The highest BCUT2D eigenvalue weighted by Gasteiger charge is 2.47. The first-order chi connectivity index (χ1) is 11.6. The number of hydrogen-bond donors (Lipinski definition) is 0. The zero-order valence-electron chi connectivity index (χ0n) is 14.0. The lowest BCUT2D eigenvalue weighted by Crippen LogP contribution is -2.58. The lowest BCUT2D eigenvalue weighted by atomic mass is 9.98. The van der Waals surface area contributed by atoms with Crippen LogP contribution in [0.2, 0.25) is 0 Å². The SMILES string of the molecule is O=S(=O)(CCc1ccc2c(c1)CCO2)N1CCOCC12CCCC2. The first-order valence-electron chi connectivity index (χ1n) is 8.92. The van der Waals surface area contributed by atoms with Crippen LogP contribution in [0.1, 0.15) is 36.8 Å². The second-order valence-electron chi connectivity index (χ2n) is 7.16. The largest absolute Gasteiger partial charge is 0.493 e. The molecule has 0 N–H and O–H groups in total. The molecule has 3 aliphatic rings. The van der Waals surface area contributed by atoms with Crippen molar-refractivity contribution < 1.29 is 17.9 Å². The van der Waals surface area contributed by atoms with Crippen molar-refractivity contribution >= 4 is 10.0 Å². The molecule has 4 rings (SSSR count). The summed E-state index contributed by atoms with van der Waals surface area (Å²) >= 11 is 0. The van der Waals surface area contributed by atoms with Gasteiger partial charge in [-0.2, -0.15) is 4.31 Å². The summed E-state index contributed by atoms with van der Waals surface area (Å²) < 4.78 is 38.9. The molecule has 2 fully saturated rings. The highest BCUT2D eigenvalue weighted by atomic mass is 32.2. The number of nitrogens with zero attached hydrogens (tertiary/aromatic N) is 1. The van der Waals surface area contributed by atoms with Gasteiger partial charge in [0.1, 0.15) is 5.75 Å². The minimum atomic E-state index is -3.27. The fourth-order valence-electron chi connectivity index (χ4n) is 4.33. The molecule has 0 radical (unpaired) electrons. The number of hydrogen-bond acceptors (Lipinski definition) is 4. The Morgan fingerprint density at radius 3 is 2.83 bits per heavy atom. The van der Waals surface area contributed by atoms with Gasteiger partial charge in [-0.1, -0.05) is 25.0 Å². The van der Waals surface area contributed by atoms with E-state index in [0.717, 1.165) is 50.0 Å². The van der Waals surface area contributed by atoms with E-state index in [1.807, 2.05) is 12.1 Å². The van der Waals surface area contributed by atoms with Crippen molar-refractivity contribution in [1.82, 2.24) is 4.31 Å². The highest BCUT2D eigenvalue weighted by Crippen LogP contribution is 2.39. The smallest absolute Gasteiger partial charge is 0.215 e. The maximum Gasteiger partial charge on any atom is 0.215 e. The normalized spacial score (nSPS) is 23.3. The quantitative estimate of drug-likeness (QED) is 0.834. The van der Waals surface area contributed by atoms with Gasteiger partial charge in [0.05, 0.1) is 31.1 Å². The van der Waals surface area contributed by atoms with Crippen molar-refractivity contribution in [2.45, 2.75) is 44.1 Å². The third kappa shape index (κ3) is 2.95. The number of sulfonamides is 1. The molecule has 0 amide bonds. The topological polar surface area (TPSA) is 55.8 Å². The van der Waals surface area contributed by atoms with E-state index >= 15 is 0 Å². The number of rotatable bonds is 4. The Kier molecular flexibility index (Phi) is 4.31. The minimum Gasteiger partial charge on any atom is -0.493 e.